The summed E-state index contributed by atoms with van der Waals surface area (Å²) in [6, 6.07) is 11.7. The molecule has 0 spiro atoms. The molecule has 0 saturated heterocycles. The molecule has 0 unspecified atom stereocenters. The number of carbonyl (C=O) groups is 1. The van der Waals surface area contributed by atoms with Crippen LogP contribution in [0.5, 0.6) is 23.0 Å². The first-order chi connectivity index (χ1) is 14.1. The summed E-state index contributed by atoms with van der Waals surface area (Å²) < 4.78 is 27.0. The van der Waals surface area contributed by atoms with Crippen molar-refractivity contribution in [1.82, 2.24) is 0 Å². The van der Waals surface area contributed by atoms with Gasteiger partial charge >= 0.3 is 5.97 Å². The third kappa shape index (κ3) is 4.95. The molecule has 0 fully saturated rings. The second kappa shape index (κ2) is 9.45. The summed E-state index contributed by atoms with van der Waals surface area (Å²) in [5.74, 6) is 0.821. The molecule has 0 bridgehead atoms. The minimum absolute atomic E-state index is 0.0336. The average molecular weight is 396 g/mol. The van der Waals surface area contributed by atoms with Gasteiger partial charge in [0.25, 0.3) is 0 Å². The summed E-state index contributed by atoms with van der Waals surface area (Å²) in [6.07, 6.45) is 2.70. The molecule has 7 nitrogen and oxygen atoms in total. The molecular weight excluding hydrogens is 376 g/mol. The number of carbonyl (C=O) groups excluding carboxylic acids is 1. The highest BCUT2D eigenvalue weighted by atomic mass is 16.6. The highest BCUT2D eigenvalue weighted by Gasteiger charge is 2.13. The highest BCUT2D eigenvalue weighted by molar-refractivity contribution is 5.79. The summed E-state index contributed by atoms with van der Waals surface area (Å²) in [6.45, 7) is 5.64. The van der Waals surface area contributed by atoms with E-state index in [1.807, 2.05) is 13.0 Å². The van der Waals surface area contributed by atoms with E-state index < -0.39 is 5.97 Å². The Labute approximate surface area is 167 Å². The van der Waals surface area contributed by atoms with E-state index in [0.717, 1.165) is 0 Å². The molecule has 0 amide bonds. The van der Waals surface area contributed by atoms with Gasteiger partial charge < -0.3 is 23.4 Å². The van der Waals surface area contributed by atoms with Crippen LogP contribution in [0.1, 0.15) is 6.92 Å². The molecule has 1 heterocycles. The van der Waals surface area contributed by atoms with Crippen LogP contribution in [0.25, 0.3) is 11.0 Å². The molecule has 0 aliphatic heterocycles. The van der Waals surface area contributed by atoms with Gasteiger partial charge in [-0.15, -0.1) is 0 Å². The van der Waals surface area contributed by atoms with Crippen molar-refractivity contribution in [3.05, 3.63) is 71.6 Å². The van der Waals surface area contributed by atoms with Gasteiger partial charge in [0.2, 0.25) is 11.2 Å². The van der Waals surface area contributed by atoms with Crippen molar-refractivity contribution in [2.75, 3.05) is 19.8 Å². The predicted molar refractivity (Wildman–Crippen MR) is 107 cm³/mol. The third-order valence-corrected chi connectivity index (χ3v) is 3.80. The first-order valence-corrected chi connectivity index (χ1v) is 8.97. The average Bonchev–Trinajstić information content (AvgIpc) is 2.74. The summed E-state index contributed by atoms with van der Waals surface area (Å²) in [5.41, 5.74) is -0.0353. The summed E-state index contributed by atoms with van der Waals surface area (Å²) in [5, 5.41) is 0.318. The Kier molecular flexibility index (Phi) is 6.52. The van der Waals surface area contributed by atoms with Crippen molar-refractivity contribution >= 4 is 16.9 Å². The fraction of sp³-hybridized carbons (Fsp3) is 0.182. The largest absolute Gasteiger partial charge is 0.490 e. The molecule has 0 radical (unpaired) electrons. The van der Waals surface area contributed by atoms with Gasteiger partial charge in [-0.05, 0) is 31.2 Å². The molecule has 29 heavy (non-hydrogen) atoms. The Hall–Kier alpha value is -3.74. The van der Waals surface area contributed by atoms with Crippen LogP contribution in [0.15, 0.2) is 70.6 Å². The molecular formula is C22H20O7. The van der Waals surface area contributed by atoms with Gasteiger partial charge in [-0.25, -0.2) is 4.79 Å². The van der Waals surface area contributed by atoms with Gasteiger partial charge in [-0.1, -0.05) is 24.8 Å². The van der Waals surface area contributed by atoms with Gasteiger partial charge in [0.15, 0.2) is 18.1 Å². The Morgan fingerprint density at radius 2 is 1.90 bits per heavy atom. The van der Waals surface area contributed by atoms with E-state index in [-0.39, 0.29) is 24.4 Å². The molecule has 0 aliphatic rings. The van der Waals surface area contributed by atoms with E-state index in [4.69, 9.17) is 23.4 Å². The standard InChI is InChI=1S/C22H20O7/c1-3-11-26-21(23)14-27-15-9-10-16-19(12-15)28-13-20(22(16)24)29-18-8-6-5-7-17(18)25-4-2/h3,5-10,12-13H,1,4,11,14H2,2H3. The van der Waals surface area contributed by atoms with Gasteiger partial charge in [0.05, 0.1) is 12.0 Å². The predicted octanol–water partition coefficient (Wildman–Crippen LogP) is 4.09. The van der Waals surface area contributed by atoms with E-state index in [1.165, 1.54) is 18.4 Å². The maximum Gasteiger partial charge on any atom is 0.344 e. The normalized spacial score (nSPS) is 10.4. The van der Waals surface area contributed by atoms with E-state index >= 15 is 0 Å². The molecule has 2 aromatic carbocycles. The van der Waals surface area contributed by atoms with Crippen LogP contribution in [-0.4, -0.2) is 25.8 Å². The molecule has 0 atom stereocenters. The van der Waals surface area contributed by atoms with Crippen molar-refractivity contribution in [2.24, 2.45) is 0 Å². The molecule has 1 aromatic heterocycles. The second-order valence-electron chi connectivity index (χ2n) is 5.83. The zero-order chi connectivity index (χ0) is 20.6. The van der Waals surface area contributed by atoms with Crippen LogP contribution in [0.2, 0.25) is 0 Å². The fourth-order valence-corrected chi connectivity index (χ4v) is 2.51. The summed E-state index contributed by atoms with van der Waals surface area (Å²) in [7, 11) is 0. The molecule has 0 N–H and O–H groups in total. The molecule has 0 saturated carbocycles. The van der Waals surface area contributed by atoms with Gasteiger partial charge in [0, 0.05) is 6.07 Å². The summed E-state index contributed by atoms with van der Waals surface area (Å²) in [4.78, 5) is 24.2. The van der Waals surface area contributed by atoms with Crippen LogP contribution in [0, 0.1) is 0 Å². The van der Waals surface area contributed by atoms with Gasteiger partial charge in [-0.2, -0.15) is 0 Å². The molecule has 3 rings (SSSR count). The Morgan fingerprint density at radius 3 is 2.66 bits per heavy atom. The second-order valence-corrected chi connectivity index (χ2v) is 5.83. The number of fused-ring (bicyclic) bond motifs is 1. The minimum atomic E-state index is -0.525. The number of esters is 1. The van der Waals surface area contributed by atoms with E-state index in [1.54, 1.807) is 30.3 Å². The maximum atomic E-state index is 12.7. The molecule has 150 valence electrons. The number of hydrogen-bond acceptors (Lipinski definition) is 7. The smallest absolute Gasteiger partial charge is 0.344 e. The fourth-order valence-electron chi connectivity index (χ4n) is 2.51. The van der Waals surface area contributed by atoms with Crippen molar-refractivity contribution in [3.8, 4) is 23.0 Å². The zero-order valence-electron chi connectivity index (χ0n) is 15.9. The monoisotopic (exact) mass is 396 g/mol. The number of para-hydroxylation sites is 2. The van der Waals surface area contributed by atoms with Crippen LogP contribution >= 0.6 is 0 Å². The van der Waals surface area contributed by atoms with Crippen molar-refractivity contribution in [2.45, 2.75) is 6.92 Å². The lowest BCUT2D eigenvalue weighted by atomic mass is 10.2. The van der Waals surface area contributed by atoms with Crippen molar-refractivity contribution in [1.29, 1.82) is 0 Å². The number of benzene rings is 2. The Bertz CT molecular complexity index is 1070. The van der Waals surface area contributed by atoms with Crippen LogP contribution in [-0.2, 0) is 9.53 Å². The van der Waals surface area contributed by atoms with Crippen LogP contribution in [0.3, 0.4) is 0 Å². The van der Waals surface area contributed by atoms with E-state index in [0.29, 0.717) is 34.8 Å². The zero-order valence-corrected chi connectivity index (χ0v) is 15.9. The third-order valence-electron chi connectivity index (χ3n) is 3.80. The first-order valence-electron chi connectivity index (χ1n) is 8.97. The molecule has 3 aromatic rings. The summed E-state index contributed by atoms with van der Waals surface area (Å²) >= 11 is 0. The minimum Gasteiger partial charge on any atom is -0.490 e. The first kappa shape index (κ1) is 20.0. The topological polar surface area (TPSA) is 84.2 Å². The maximum absolute atomic E-state index is 12.7. The lowest BCUT2D eigenvalue weighted by Crippen LogP contribution is -2.14. The SMILES string of the molecule is C=CCOC(=O)COc1ccc2c(=O)c(Oc3ccccc3OCC)coc2c1. The molecule has 0 aliphatic carbocycles. The van der Waals surface area contributed by atoms with Crippen molar-refractivity contribution in [3.63, 3.8) is 0 Å². The number of rotatable bonds is 9. The van der Waals surface area contributed by atoms with Crippen molar-refractivity contribution < 1.29 is 28.2 Å². The van der Waals surface area contributed by atoms with Crippen LogP contribution < -0.4 is 19.6 Å². The highest BCUT2D eigenvalue weighted by Crippen LogP contribution is 2.31. The van der Waals surface area contributed by atoms with E-state index in [2.05, 4.69) is 6.58 Å². The molecule has 7 heteroatoms. The Balaban J connectivity index is 1.79. The lowest BCUT2D eigenvalue weighted by Gasteiger charge is -2.11. The number of hydrogen-bond donors (Lipinski definition) is 0. The number of ether oxygens (including phenoxy) is 4. The Morgan fingerprint density at radius 1 is 1.10 bits per heavy atom. The van der Waals surface area contributed by atoms with Crippen LogP contribution in [0.4, 0.5) is 0 Å². The van der Waals surface area contributed by atoms with E-state index in [9.17, 15) is 9.59 Å². The quantitative estimate of drug-likeness (QED) is 0.398. The van der Waals surface area contributed by atoms with Gasteiger partial charge in [0.1, 0.15) is 24.2 Å². The van der Waals surface area contributed by atoms with Gasteiger partial charge in [-0.3, -0.25) is 4.79 Å². The lowest BCUT2D eigenvalue weighted by molar-refractivity contribution is -0.144.